The highest BCUT2D eigenvalue weighted by molar-refractivity contribution is 9.10. The van der Waals surface area contributed by atoms with Crippen LogP contribution in [0.5, 0.6) is 11.5 Å². The molecule has 4 heteroatoms. The Bertz CT molecular complexity index is 600. The summed E-state index contributed by atoms with van der Waals surface area (Å²) in [6, 6.07) is 13.7. The van der Waals surface area contributed by atoms with Crippen LogP contribution < -0.4 is 15.2 Å². The van der Waals surface area contributed by atoms with Gasteiger partial charge in [-0.2, -0.15) is 0 Å². The maximum Gasteiger partial charge on any atom is 0.161 e. The second-order valence-corrected chi connectivity index (χ2v) is 5.35. The average molecular weight is 320 g/mol. The molecule has 2 aromatic carbocycles. The molecule has 0 bridgehead atoms. The fourth-order valence-corrected chi connectivity index (χ4v) is 2.56. The lowest BCUT2D eigenvalue weighted by atomic mass is 9.99. The fourth-order valence-electron chi connectivity index (χ4n) is 2.15. The number of benzene rings is 2. The van der Waals surface area contributed by atoms with Crippen LogP contribution in [0, 0.1) is 0 Å². The largest absolute Gasteiger partial charge is 0.486 e. The molecule has 0 aliphatic carbocycles. The van der Waals surface area contributed by atoms with Gasteiger partial charge in [0.05, 0.1) is 6.04 Å². The van der Waals surface area contributed by atoms with E-state index in [4.69, 9.17) is 15.2 Å². The molecule has 0 saturated carbocycles. The van der Waals surface area contributed by atoms with Crippen LogP contribution >= 0.6 is 15.9 Å². The zero-order chi connectivity index (χ0) is 13.2. The Morgan fingerprint density at radius 1 is 0.947 bits per heavy atom. The molecule has 1 aliphatic rings. The highest BCUT2D eigenvalue weighted by atomic mass is 79.9. The number of hydrogen-bond donors (Lipinski definition) is 1. The smallest absolute Gasteiger partial charge is 0.161 e. The van der Waals surface area contributed by atoms with E-state index in [1.807, 2.05) is 42.5 Å². The average Bonchev–Trinajstić information content (AvgIpc) is 2.46. The van der Waals surface area contributed by atoms with Crippen LogP contribution in [0.15, 0.2) is 46.9 Å². The second-order valence-electron chi connectivity index (χ2n) is 4.44. The predicted octanol–water partition coefficient (Wildman–Crippen LogP) is 3.27. The van der Waals surface area contributed by atoms with Crippen molar-refractivity contribution < 1.29 is 9.47 Å². The number of halogens is 1. The van der Waals surface area contributed by atoms with Gasteiger partial charge in [0.2, 0.25) is 0 Å². The van der Waals surface area contributed by atoms with Crippen molar-refractivity contribution in [2.75, 3.05) is 13.2 Å². The van der Waals surface area contributed by atoms with E-state index in [0.717, 1.165) is 27.1 Å². The lowest BCUT2D eigenvalue weighted by Crippen LogP contribution is -2.17. The molecule has 0 amide bonds. The molecule has 0 saturated heterocycles. The third-order valence-electron chi connectivity index (χ3n) is 3.13. The van der Waals surface area contributed by atoms with E-state index in [2.05, 4.69) is 15.9 Å². The molecule has 2 N–H and O–H groups in total. The first kappa shape index (κ1) is 12.5. The van der Waals surface area contributed by atoms with Gasteiger partial charge >= 0.3 is 0 Å². The summed E-state index contributed by atoms with van der Waals surface area (Å²) in [6.45, 7) is 1.19. The topological polar surface area (TPSA) is 44.5 Å². The minimum Gasteiger partial charge on any atom is -0.486 e. The first-order valence-corrected chi connectivity index (χ1v) is 6.94. The van der Waals surface area contributed by atoms with Gasteiger partial charge < -0.3 is 15.2 Å². The summed E-state index contributed by atoms with van der Waals surface area (Å²) in [6.07, 6.45) is 0. The van der Waals surface area contributed by atoms with Crippen molar-refractivity contribution in [3.05, 3.63) is 58.1 Å². The lowest BCUT2D eigenvalue weighted by molar-refractivity contribution is 0.171. The van der Waals surface area contributed by atoms with E-state index in [1.54, 1.807) is 0 Å². The Morgan fingerprint density at radius 2 is 1.68 bits per heavy atom. The standard InChI is InChI=1S/C15H14BrNO2/c16-12-3-1-2-10(8-12)15(17)11-4-5-13-14(9-11)19-7-6-18-13/h1-5,8-9,15H,6-7,17H2. The third kappa shape index (κ3) is 2.60. The number of hydrogen-bond acceptors (Lipinski definition) is 3. The Balaban J connectivity index is 1.93. The molecule has 2 aromatic rings. The maximum absolute atomic E-state index is 6.30. The van der Waals surface area contributed by atoms with Gasteiger partial charge in [-0.25, -0.2) is 0 Å². The lowest BCUT2D eigenvalue weighted by Gasteiger charge is -2.20. The van der Waals surface area contributed by atoms with Crippen LogP contribution in [0.1, 0.15) is 17.2 Å². The SMILES string of the molecule is NC(c1cccc(Br)c1)c1ccc2c(c1)OCCO2. The normalized spacial score (nSPS) is 15.1. The summed E-state index contributed by atoms with van der Waals surface area (Å²) < 4.78 is 12.1. The van der Waals surface area contributed by atoms with E-state index >= 15 is 0 Å². The van der Waals surface area contributed by atoms with Gasteiger partial charge in [-0.3, -0.25) is 0 Å². The molecule has 19 heavy (non-hydrogen) atoms. The minimum atomic E-state index is -0.173. The monoisotopic (exact) mass is 319 g/mol. The minimum absolute atomic E-state index is 0.173. The van der Waals surface area contributed by atoms with Crippen LogP contribution in [0.25, 0.3) is 0 Å². The zero-order valence-electron chi connectivity index (χ0n) is 10.3. The quantitative estimate of drug-likeness (QED) is 0.924. The molecule has 98 valence electrons. The molecule has 0 radical (unpaired) electrons. The van der Waals surface area contributed by atoms with Crippen molar-refractivity contribution in [2.45, 2.75) is 6.04 Å². The molecule has 0 spiro atoms. The van der Waals surface area contributed by atoms with Crippen molar-refractivity contribution in [1.82, 2.24) is 0 Å². The van der Waals surface area contributed by atoms with E-state index in [9.17, 15) is 0 Å². The first-order chi connectivity index (χ1) is 9.24. The van der Waals surface area contributed by atoms with E-state index in [1.165, 1.54) is 0 Å². The predicted molar refractivity (Wildman–Crippen MR) is 77.6 cm³/mol. The molecule has 1 heterocycles. The van der Waals surface area contributed by atoms with Gasteiger partial charge in [0.25, 0.3) is 0 Å². The molecular formula is C15H14BrNO2. The summed E-state index contributed by atoms with van der Waals surface area (Å²) in [4.78, 5) is 0. The Morgan fingerprint density at radius 3 is 2.47 bits per heavy atom. The van der Waals surface area contributed by atoms with Crippen LogP contribution in [0.4, 0.5) is 0 Å². The molecular weight excluding hydrogens is 306 g/mol. The van der Waals surface area contributed by atoms with Crippen molar-refractivity contribution in [3.63, 3.8) is 0 Å². The molecule has 3 nitrogen and oxygen atoms in total. The molecule has 1 aliphatic heterocycles. The highest BCUT2D eigenvalue weighted by Crippen LogP contribution is 2.33. The van der Waals surface area contributed by atoms with Crippen LogP contribution in [0.3, 0.4) is 0 Å². The molecule has 1 unspecified atom stereocenters. The van der Waals surface area contributed by atoms with E-state index < -0.39 is 0 Å². The third-order valence-corrected chi connectivity index (χ3v) is 3.63. The van der Waals surface area contributed by atoms with Gasteiger partial charge in [0.1, 0.15) is 13.2 Å². The molecule has 3 rings (SSSR count). The van der Waals surface area contributed by atoms with Crippen LogP contribution in [-0.2, 0) is 0 Å². The summed E-state index contributed by atoms with van der Waals surface area (Å²) >= 11 is 3.46. The van der Waals surface area contributed by atoms with Gasteiger partial charge in [-0.1, -0.05) is 34.1 Å². The molecule has 0 aromatic heterocycles. The number of nitrogens with two attached hydrogens (primary N) is 1. The number of ether oxygens (including phenoxy) is 2. The fraction of sp³-hybridized carbons (Fsp3) is 0.200. The van der Waals surface area contributed by atoms with E-state index in [-0.39, 0.29) is 6.04 Å². The first-order valence-electron chi connectivity index (χ1n) is 6.14. The van der Waals surface area contributed by atoms with Crippen molar-refractivity contribution in [3.8, 4) is 11.5 Å². The summed E-state index contributed by atoms with van der Waals surface area (Å²) in [5, 5.41) is 0. The molecule has 0 fully saturated rings. The number of rotatable bonds is 2. The second kappa shape index (κ2) is 5.23. The van der Waals surface area contributed by atoms with Crippen molar-refractivity contribution >= 4 is 15.9 Å². The highest BCUT2D eigenvalue weighted by Gasteiger charge is 2.15. The zero-order valence-corrected chi connectivity index (χ0v) is 11.9. The van der Waals surface area contributed by atoms with Gasteiger partial charge in [0, 0.05) is 4.47 Å². The Kier molecular flexibility index (Phi) is 3.44. The van der Waals surface area contributed by atoms with Gasteiger partial charge in [-0.15, -0.1) is 0 Å². The van der Waals surface area contributed by atoms with Gasteiger partial charge in [0.15, 0.2) is 11.5 Å². The number of fused-ring (bicyclic) bond motifs is 1. The van der Waals surface area contributed by atoms with Crippen molar-refractivity contribution in [1.29, 1.82) is 0 Å². The van der Waals surface area contributed by atoms with Crippen molar-refractivity contribution in [2.24, 2.45) is 5.73 Å². The summed E-state index contributed by atoms with van der Waals surface area (Å²) in [7, 11) is 0. The van der Waals surface area contributed by atoms with Gasteiger partial charge in [-0.05, 0) is 35.4 Å². The summed E-state index contributed by atoms with van der Waals surface area (Å²) in [5.74, 6) is 1.56. The molecule has 1 atom stereocenters. The Labute approximate surface area is 120 Å². The Hall–Kier alpha value is -1.52. The van der Waals surface area contributed by atoms with Crippen LogP contribution in [0.2, 0.25) is 0 Å². The summed E-state index contributed by atoms with van der Waals surface area (Å²) in [5.41, 5.74) is 8.38. The van der Waals surface area contributed by atoms with E-state index in [0.29, 0.717) is 13.2 Å². The maximum atomic E-state index is 6.30. The van der Waals surface area contributed by atoms with Crippen LogP contribution in [-0.4, -0.2) is 13.2 Å².